The number of amides is 3. The van der Waals surface area contributed by atoms with Crippen LogP contribution in [-0.2, 0) is 20.8 Å². The fourth-order valence-electron chi connectivity index (χ4n) is 4.31. The SMILES string of the molecule is O=C(Nc1ccc([C@H]2OC(=O)N(Cc3ccc(F)cc3)[C@@H]2C(=O)N2CCOCC2)cc1)c1cccs1. The number of morpholine rings is 1. The van der Waals surface area contributed by atoms with Gasteiger partial charge in [-0.05, 0) is 46.8 Å². The number of cyclic esters (lactones) is 1. The lowest BCUT2D eigenvalue weighted by Gasteiger charge is -2.32. The maximum Gasteiger partial charge on any atom is 0.411 e. The number of hydrogen-bond acceptors (Lipinski definition) is 6. The van der Waals surface area contributed by atoms with E-state index in [0.29, 0.717) is 48.0 Å². The summed E-state index contributed by atoms with van der Waals surface area (Å²) in [5.74, 6) is -0.824. The summed E-state index contributed by atoms with van der Waals surface area (Å²) >= 11 is 1.35. The van der Waals surface area contributed by atoms with Crippen molar-refractivity contribution in [1.29, 1.82) is 0 Å². The van der Waals surface area contributed by atoms with E-state index in [0.717, 1.165) is 0 Å². The molecule has 186 valence electrons. The van der Waals surface area contributed by atoms with Gasteiger partial charge in [0.25, 0.3) is 5.91 Å². The van der Waals surface area contributed by atoms with Crippen molar-refractivity contribution in [2.45, 2.75) is 18.7 Å². The molecule has 3 aromatic rings. The average molecular weight is 510 g/mol. The molecule has 0 unspecified atom stereocenters. The molecule has 2 aliphatic rings. The van der Waals surface area contributed by atoms with Gasteiger partial charge in [0.2, 0.25) is 5.91 Å². The normalized spacial score (nSPS) is 19.8. The molecule has 0 saturated carbocycles. The molecule has 0 radical (unpaired) electrons. The summed E-state index contributed by atoms with van der Waals surface area (Å²) in [6.45, 7) is 1.80. The Balaban J connectivity index is 1.39. The summed E-state index contributed by atoms with van der Waals surface area (Å²) in [7, 11) is 0. The Kier molecular flexibility index (Phi) is 6.97. The van der Waals surface area contributed by atoms with Gasteiger partial charge in [-0.25, -0.2) is 9.18 Å². The van der Waals surface area contributed by atoms with E-state index in [4.69, 9.17) is 9.47 Å². The van der Waals surface area contributed by atoms with Crippen molar-refractivity contribution in [1.82, 2.24) is 9.80 Å². The largest absolute Gasteiger partial charge is 0.438 e. The Morgan fingerprint density at radius 3 is 2.42 bits per heavy atom. The van der Waals surface area contributed by atoms with Crippen LogP contribution in [0, 0.1) is 5.82 Å². The van der Waals surface area contributed by atoms with Crippen LogP contribution in [0.1, 0.15) is 26.9 Å². The smallest absolute Gasteiger partial charge is 0.411 e. The Morgan fingerprint density at radius 1 is 1.03 bits per heavy atom. The van der Waals surface area contributed by atoms with Crippen LogP contribution in [0.4, 0.5) is 14.9 Å². The van der Waals surface area contributed by atoms with Gasteiger partial charge in [0.1, 0.15) is 5.82 Å². The van der Waals surface area contributed by atoms with Crippen molar-refractivity contribution >= 4 is 34.9 Å². The first-order chi connectivity index (χ1) is 17.5. The number of benzene rings is 2. The Bertz CT molecular complexity index is 1230. The van der Waals surface area contributed by atoms with Crippen molar-refractivity contribution in [2.75, 3.05) is 31.6 Å². The number of carbonyl (C=O) groups excluding carboxylic acids is 3. The highest BCUT2D eigenvalue weighted by Gasteiger charge is 2.48. The molecule has 2 saturated heterocycles. The van der Waals surface area contributed by atoms with Gasteiger partial charge >= 0.3 is 6.09 Å². The van der Waals surface area contributed by atoms with Gasteiger partial charge in [0, 0.05) is 18.8 Å². The number of rotatable bonds is 6. The Labute approximate surface area is 211 Å². The minimum Gasteiger partial charge on any atom is -0.438 e. The van der Waals surface area contributed by atoms with Gasteiger partial charge < -0.3 is 19.7 Å². The molecule has 2 aromatic carbocycles. The predicted molar refractivity (Wildman–Crippen MR) is 131 cm³/mol. The van der Waals surface area contributed by atoms with Crippen LogP contribution in [0.3, 0.4) is 0 Å². The summed E-state index contributed by atoms with van der Waals surface area (Å²) in [6, 6.07) is 15.4. The van der Waals surface area contributed by atoms with E-state index in [2.05, 4.69) is 5.32 Å². The second kappa shape index (κ2) is 10.5. The van der Waals surface area contributed by atoms with Gasteiger partial charge in [-0.2, -0.15) is 0 Å². The molecule has 0 spiro atoms. The monoisotopic (exact) mass is 509 g/mol. The molecule has 10 heteroatoms. The molecular weight excluding hydrogens is 485 g/mol. The van der Waals surface area contributed by atoms with Gasteiger partial charge in [0.15, 0.2) is 12.1 Å². The van der Waals surface area contributed by atoms with Crippen LogP contribution in [0.25, 0.3) is 0 Å². The molecule has 0 aliphatic carbocycles. The van der Waals surface area contributed by atoms with Crippen LogP contribution in [-0.4, -0.2) is 60.1 Å². The lowest BCUT2D eigenvalue weighted by molar-refractivity contribution is -0.141. The zero-order valence-electron chi connectivity index (χ0n) is 19.3. The molecule has 2 atom stereocenters. The molecule has 1 N–H and O–H groups in total. The molecule has 3 heterocycles. The minimum atomic E-state index is -0.896. The predicted octanol–water partition coefficient (Wildman–Crippen LogP) is 4.06. The van der Waals surface area contributed by atoms with Crippen molar-refractivity contribution in [2.24, 2.45) is 0 Å². The van der Waals surface area contributed by atoms with Crippen molar-refractivity contribution in [3.8, 4) is 0 Å². The third kappa shape index (κ3) is 5.09. The first kappa shape index (κ1) is 24.0. The number of carbonyl (C=O) groups is 3. The molecule has 2 aliphatic heterocycles. The zero-order chi connectivity index (χ0) is 25.1. The van der Waals surface area contributed by atoms with E-state index in [-0.39, 0.29) is 24.2 Å². The van der Waals surface area contributed by atoms with E-state index in [1.807, 2.05) is 5.38 Å². The second-order valence-electron chi connectivity index (χ2n) is 8.49. The third-order valence-corrected chi connectivity index (χ3v) is 7.04. The maximum absolute atomic E-state index is 13.6. The van der Waals surface area contributed by atoms with Crippen molar-refractivity contribution in [3.63, 3.8) is 0 Å². The lowest BCUT2D eigenvalue weighted by Crippen LogP contribution is -2.51. The topological polar surface area (TPSA) is 88.2 Å². The molecule has 36 heavy (non-hydrogen) atoms. The van der Waals surface area contributed by atoms with E-state index < -0.39 is 18.2 Å². The standard InChI is InChI=1S/C26H24FN3O5S/c27-19-7-3-17(4-8-19)16-30-22(25(32)29-11-13-34-14-12-29)23(35-26(30)33)18-5-9-20(10-6-18)28-24(31)21-2-1-15-36-21/h1-10,15,22-23H,11-14,16H2,(H,28,31)/t22-,23+/m0/s1. The first-order valence-corrected chi connectivity index (χ1v) is 12.4. The quantitative estimate of drug-likeness (QED) is 0.542. The van der Waals surface area contributed by atoms with Crippen LogP contribution in [0.2, 0.25) is 0 Å². The molecule has 5 rings (SSSR count). The third-order valence-electron chi connectivity index (χ3n) is 6.17. The van der Waals surface area contributed by atoms with Crippen LogP contribution in [0.5, 0.6) is 0 Å². The van der Waals surface area contributed by atoms with Crippen LogP contribution in [0.15, 0.2) is 66.0 Å². The van der Waals surface area contributed by atoms with Crippen LogP contribution < -0.4 is 5.32 Å². The highest BCUT2D eigenvalue weighted by molar-refractivity contribution is 7.12. The first-order valence-electron chi connectivity index (χ1n) is 11.5. The summed E-state index contributed by atoms with van der Waals surface area (Å²) < 4.78 is 24.5. The number of halogens is 1. The van der Waals surface area contributed by atoms with Crippen LogP contribution >= 0.6 is 11.3 Å². The molecule has 0 bridgehead atoms. The van der Waals surface area contributed by atoms with Gasteiger partial charge in [-0.1, -0.05) is 30.3 Å². The number of ether oxygens (including phenoxy) is 2. The highest BCUT2D eigenvalue weighted by Crippen LogP contribution is 2.35. The van der Waals surface area contributed by atoms with Gasteiger partial charge in [0.05, 0.1) is 24.6 Å². The molecule has 3 amide bonds. The number of thiophene rings is 1. The molecule has 8 nitrogen and oxygen atoms in total. The molecular formula is C26H24FN3O5S. The fraction of sp³-hybridized carbons (Fsp3) is 0.269. The van der Waals surface area contributed by atoms with E-state index >= 15 is 0 Å². The Hall–Kier alpha value is -3.76. The van der Waals surface area contributed by atoms with E-state index in [1.54, 1.807) is 53.4 Å². The van der Waals surface area contributed by atoms with Gasteiger partial charge in [-0.15, -0.1) is 11.3 Å². The second-order valence-corrected chi connectivity index (χ2v) is 9.44. The fourth-order valence-corrected chi connectivity index (χ4v) is 4.93. The van der Waals surface area contributed by atoms with Gasteiger partial charge in [-0.3, -0.25) is 14.5 Å². The maximum atomic E-state index is 13.6. The summed E-state index contributed by atoms with van der Waals surface area (Å²) in [5, 5.41) is 4.67. The van der Waals surface area contributed by atoms with Crippen molar-refractivity contribution in [3.05, 3.63) is 87.9 Å². The minimum absolute atomic E-state index is 0.102. The van der Waals surface area contributed by atoms with E-state index in [9.17, 15) is 18.8 Å². The lowest BCUT2D eigenvalue weighted by atomic mass is 9.99. The number of nitrogens with zero attached hydrogens (tertiary/aromatic N) is 2. The highest BCUT2D eigenvalue weighted by atomic mass is 32.1. The Morgan fingerprint density at radius 2 is 1.75 bits per heavy atom. The van der Waals surface area contributed by atoms with Crippen molar-refractivity contribution < 1.29 is 28.2 Å². The summed E-state index contributed by atoms with van der Waals surface area (Å²) in [4.78, 5) is 42.6. The average Bonchev–Trinajstić information content (AvgIpc) is 3.55. The molecule has 2 fully saturated rings. The zero-order valence-corrected chi connectivity index (χ0v) is 20.1. The summed E-state index contributed by atoms with van der Waals surface area (Å²) in [6.07, 6.45) is -1.46. The summed E-state index contributed by atoms with van der Waals surface area (Å²) in [5.41, 5.74) is 1.90. The van der Waals surface area contributed by atoms with E-state index in [1.165, 1.54) is 28.4 Å². The number of anilines is 1. The number of nitrogens with one attached hydrogen (secondary N) is 1. The molecule has 1 aromatic heterocycles. The number of hydrogen-bond donors (Lipinski definition) is 1.